The maximum Gasteiger partial charge on any atom is 0.200 e. The zero-order valence-corrected chi connectivity index (χ0v) is 11.2. The number of pyridine rings is 2. The highest BCUT2D eigenvalue weighted by atomic mass is 35.5. The van der Waals surface area contributed by atoms with Gasteiger partial charge in [-0.1, -0.05) is 35.3 Å². The molecule has 3 rings (SSSR count). The minimum absolute atomic E-state index is 0.144. The van der Waals surface area contributed by atoms with E-state index in [9.17, 15) is 4.79 Å². The van der Waals surface area contributed by atoms with Gasteiger partial charge in [-0.3, -0.25) is 4.79 Å². The van der Waals surface area contributed by atoms with Crippen LogP contribution in [0.4, 0.5) is 0 Å². The van der Waals surface area contributed by atoms with Gasteiger partial charge in [-0.05, 0) is 23.8 Å². The van der Waals surface area contributed by atoms with Crippen molar-refractivity contribution in [3.63, 3.8) is 0 Å². The molecule has 0 aliphatic heterocycles. The first kappa shape index (κ1) is 12.2. The van der Waals surface area contributed by atoms with Crippen LogP contribution >= 0.6 is 23.2 Å². The van der Waals surface area contributed by atoms with Gasteiger partial charge in [-0.15, -0.1) is 0 Å². The molecular formula is C14H8Cl2N2O. The van der Waals surface area contributed by atoms with Gasteiger partial charge in [0.15, 0.2) is 5.43 Å². The zero-order chi connectivity index (χ0) is 13.4. The summed E-state index contributed by atoms with van der Waals surface area (Å²) in [6.07, 6.45) is 3.23. The van der Waals surface area contributed by atoms with E-state index in [0.717, 1.165) is 5.56 Å². The largest absolute Gasteiger partial charge is 0.360 e. The van der Waals surface area contributed by atoms with Crippen LogP contribution in [0.3, 0.4) is 0 Å². The van der Waals surface area contributed by atoms with Crippen LogP contribution in [-0.2, 0) is 0 Å². The van der Waals surface area contributed by atoms with Crippen LogP contribution in [0, 0.1) is 0 Å². The Morgan fingerprint density at radius 2 is 1.79 bits per heavy atom. The second kappa shape index (κ2) is 4.68. The fourth-order valence-corrected chi connectivity index (χ4v) is 2.34. The highest BCUT2D eigenvalue weighted by Crippen LogP contribution is 2.22. The van der Waals surface area contributed by atoms with Crippen LogP contribution in [0.25, 0.3) is 22.0 Å². The van der Waals surface area contributed by atoms with Gasteiger partial charge >= 0.3 is 0 Å². The molecule has 2 heterocycles. The number of hydrogen-bond donors (Lipinski definition) is 1. The summed E-state index contributed by atoms with van der Waals surface area (Å²) in [5.41, 5.74) is 1.85. The van der Waals surface area contributed by atoms with E-state index in [1.54, 1.807) is 42.7 Å². The number of halogens is 2. The number of nitrogens with one attached hydrogen (secondary N) is 1. The number of aromatic nitrogens is 2. The first-order chi connectivity index (χ1) is 9.16. The molecule has 3 aromatic rings. The second-order valence-corrected chi connectivity index (χ2v) is 4.86. The normalized spacial score (nSPS) is 10.8. The molecule has 94 valence electrons. The number of nitrogens with zero attached hydrogens (tertiary/aromatic N) is 1. The highest BCUT2D eigenvalue weighted by molar-refractivity contribution is 6.34. The lowest BCUT2D eigenvalue weighted by Gasteiger charge is -2.04. The number of benzene rings is 1. The Kier molecular flexibility index (Phi) is 3.01. The molecular weight excluding hydrogens is 283 g/mol. The molecule has 0 amide bonds. The Hall–Kier alpha value is -1.84. The van der Waals surface area contributed by atoms with Crippen molar-refractivity contribution in [3.05, 3.63) is 63.1 Å². The quantitative estimate of drug-likeness (QED) is 0.691. The van der Waals surface area contributed by atoms with Gasteiger partial charge in [0, 0.05) is 23.0 Å². The van der Waals surface area contributed by atoms with E-state index in [0.29, 0.717) is 21.5 Å². The molecule has 0 aliphatic rings. The molecule has 1 N–H and O–H groups in total. The van der Waals surface area contributed by atoms with Crippen molar-refractivity contribution in [2.24, 2.45) is 0 Å². The molecule has 0 radical (unpaired) electrons. The average Bonchev–Trinajstić information content (AvgIpc) is 2.40. The number of fused-ring (bicyclic) bond motifs is 1. The third-order valence-corrected chi connectivity index (χ3v) is 3.44. The molecule has 5 heteroatoms. The lowest BCUT2D eigenvalue weighted by Crippen LogP contribution is -2.07. The van der Waals surface area contributed by atoms with Gasteiger partial charge < -0.3 is 4.98 Å². The van der Waals surface area contributed by atoms with E-state index < -0.39 is 0 Å². The fraction of sp³-hybridized carbons (Fsp3) is 0. The average molecular weight is 291 g/mol. The molecule has 0 unspecified atom stereocenters. The summed E-state index contributed by atoms with van der Waals surface area (Å²) in [6.45, 7) is 0. The van der Waals surface area contributed by atoms with E-state index in [1.165, 1.54) is 0 Å². The number of rotatable bonds is 1. The lowest BCUT2D eigenvalue weighted by molar-refractivity contribution is 1.31. The first-order valence-corrected chi connectivity index (χ1v) is 6.34. The third kappa shape index (κ3) is 2.11. The molecule has 0 saturated carbocycles. The van der Waals surface area contributed by atoms with E-state index >= 15 is 0 Å². The van der Waals surface area contributed by atoms with Crippen LogP contribution in [0.15, 0.2) is 47.5 Å². The molecule has 3 nitrogen and oxygen atoms in total. The predicted molar refractivity (Wildman–Crippen MR) is 77.8 cm³/mol. The van der Waals surface area contributed by atoms with Crippen molar-refractivity contribution in [2.45, 2.75) is 0 Å². The standard InChI is InChI=1S/C14H8Cl2N2O/c15-9-3-1-8(2-4-9)10-7-18-11-5-6-17-14(16)12(11)13(10)19/h1-7H,(H,18,19). The molecule has 19 heavy (non-hydrogen) atoms. The van der Waals surface area contributed by atoms with Crippen molar-refractivity contribution >= 4 is 34.1 Å². The summed E-state index contributed by atoms with van der Waals surface area (Å²) < 4.78 is 0. The minimum Gasteiger partial charge on any atom is -0.360 e. The Balaban J connectivity index is 2.32. The topological polar surface area (TPSA) is 45.8 Å². The molecule has 0 fully saturated rings. The monoisotopic (exact) mass is 290 g/mol. The van der Waals surface area contributed by atoms with Crippen molar-refractivity contribution in [1.82, 2.24) is 9.97 Å². The van der Waals surface area contributed by atoms with Crippen LogP contribution in [-0.4, -0.2) is 9.97 Å². The summed E-state index contributed by atoms with van der Waals surface area (Å²) in [6, 6.07) is 8.79. The zero-order valence-electron chi connectivity index (χ0n) is 9.65. The SMILES string of the molecule is O=c1c(-c2ccc(Cl)cc2)c[nH]c2ccnc(Cl)c12. The Morgan fingerprint density at radius 1 is 1.05 bits per heavy atom. The van der Waals surface area contributed by atoms with E-state index in [2.05, 4.69) is 9.97 Å². The Labute approximate surface area is 118 Å². The van der Waals surface area contributed by atoms with Crippen molar-refractivity contribution < 1.29 is 0 Å². The molecule has 0 aliphatic carbocycles. The smallest absolute Gasteiger partial charge is 0.200 e. The molecule has 0 saturated heterocycles. The second-order valence-electron chi connectivity index (χ2n) is 4.06. The van der Waals surface area contributed by atoms with Gasteiger partial charge in [0.05, 0.1) is 10.9 Å². The first-order valence-electron chi connectivity index (χ1n) is 5.58. The molecule has 2 aromatic heterocycles. The van der Waals surface area contributed by atoms with Gasteiger partial charge in [0.25, 0.3) is 0 Å². The summed E-state index contributed by atoms with van der Waals surface area (Å²) in [5, 5.41) is 1.23. The highest BCUT2D eigenvalue weighted by Gasteiger charge is 2.10. The number of aromatic amines is 1. The molecule has 1 aromatic carbocycles. The fourth-order valence-electron chi connectivity index (χ4n) is 1.97. The van der Waals surface area contributed by atoms with Gasteiger partial charge in [-0.25, -0.2) is 4.98 Å². The van der Waals surface area contributed by atoms with E-state index in [1.807, 2.05) is 0 Å². The van der Waals surface area contributed by atoms with Crippen LogP contribution in [0.2, 0.25) is 10.2 Å². The number of H-pyrrole nitrogens is 1. The number of hydrogen-bond acceptors (Lipinski definition) is 2. The van der Waals surface area contributed by atoms with Crippen LogP contribution in [0.1, 0.15) is 0 Å². The molecule has 0 bridgehead atoms. The summed E-state index contributed by atoms with van der Waals surface area (Å²) in [4.78, 5) is 19.5. The Morgan fingerprint density at radius 3 is 2.53 bits per heavy atom. The van der Waals surface area contributed by atoms with Crippen LogP contribution < -0.4 is 5.43 Å². The van der Waals surface area contributed by atoms with Crippen molar-refractivity contribution in [1.29, 1.82) is 0 Å². The van der Waals surface area contributed by atoms with Gasteiger partial charge in [-0.2, -0.15) is 0 Å². The van der Waals surface area contributed by atoms with E-state index in [-0.39, 0.29) is 10.6 Å². The summed E-state index contributed by atoms with van der Waals surface area (Å²) in [7, 11) is 0. The van der Waals surface area contributed by atoms with Crippen LogP contribution in [0.5, 0.6) is 0 Å². The summed E-state index contributed by atoms with van der Waals surface area (Å²) in [5.74, 6) is 0. The lowest BCUT2D eigenvalue weighted by atomic mass is 10.1. The molecule has 0 spiro atoms. The van der Waals surface area contributed by atoms with Gasteiger partial charge in [0.2, 0.25) is 0 Å². The van der Waals surface area contributed by atoms with Crippen molar-refractivity contribution in [2.75, 3.05) is 0 Å². The molecule has 0 atom stereocenters. The minimum atomic E-state index is -0.144. The summed E-state index contributed by atoms with van der Waals surface area (Å²) >= 11 is 11.8. The maximum atomic E-state index is 12.5. The van der Waals surface area contributed by atoms with Crippen molar-refractivity contribution in [3.8, 4) is 11.1 Å². The third-order valence-electron chi connectivity index (χ3n) is 2.90. The maximum absolute atomic E-state index is 12.5. The van der Waals surface area contributed by atoms with E-state index in [4.69, 9.17) is 23.2 Å². The van der Waals surface area contributed by atoms with Gasteiger partial charge in [0.1, 0.15) is 5.15 Å². The predicted octanol–water partition coefficient (Wildman–Crippen LogP) is 3.90. The Bertz CT molecular complexity index is 810.